The molecule has 1 fully saturated rings. The number of hydrogen-bond acceptors (Lipinski definition) is 1. The van der Waals surface area contributed by atoms with Crippen molar-refractivity contribution >= 4 is 5.97 Å². The predicted molar refractivity (Wildman–Crippen MR) is 58.6 cm³/mol. The van der Waals surface area contributed by atoms with Crippen LogP contribution >= 0.6 is 0 Å². The molecule has 0 heterocycles. The van der Waals surface area contributed by atoms with Gasteiger partial charge in [-0.3, -0.25) is 4.79 Å². The molecule has 0 unspecified atom stereocenters. The molecule has 2 rings (SSSR count). The third-order valence-electron chi connectivity index (χ3n) is 3.57. The Bertz CT molecular complexity index is 379. The van der Waals surface area contributed by atoms with E-state index in [1.54, 1.807) is 12.1 Å². The predicted octanol–water partition coefficient (Wildman–Crippen LogP) is 3.01. The lowest BCUT2D eigenvalue weighted by Gasteiger charge is -2.37. The summed E-state index contributed by atoms with van der Waals surface area (Å²) in [6.07, 6.45) is 3.95. The molecule has 1 aliphatic rings. The van der Waals surface area contributed by atoms with Crippen LogP contribution in [-0.4, -0.2) is 11.1 Å². The summed E-state index contributed by atoms with van der Waals surface area (Å²) in [7, 11) is 0. The van der Waals surface area contributed by atoms with Crippen molar-refractivity contribution in [3.8, 4) is 0 Å². The lowest BCUT2D eigenvalue weighted by molar-refractivity contribution is -0.155. The molecular formula is C13H15FO2. The fourth-order valence-electron chi connectivity index (χ4n) is 2.21. The highest BCUT2D eigenvalue weighted by molar-refractivity contribution is 5.75. The van der Waals surface area contributed by atoms with Gasteiger partial charge in [0, 0.05) is 0 Å². The summed E-state index contributed by atoms with van der Waals surface area (Å²) in [6, 6.07) is 6.29. The molecule has 0 aliphatic heterocycles. The van der Waals surface area contributed by atoms with E-state index in [9.17, 15) is 9.18 Å². The van der Waals surface area contributed by atoms with E-state index < -0.39 is 11.4 Å². The minimum absolute atomic E-state index is 0.250. The summed E-state index contributed by atoms with van der Waals surface area (Å²) in [5, 5.41) is 9.15. The van der Waals surface area contributed by atoms with Gasteiger partial charge in [0.05, 0.1) is 5.41 Å². The number of aliphatic carboxylic acids is 1. The van der Waals surface area contributed by atoms with Gasteiger partial charge in [-0.25, -0.2) is 4.39 Å². The van der Waals surface area contributed by atoms with E-state index in [1.807, 2.05) is 0 Å². The molecule has 1 N–H and O–H groups in total. The van der Waals surface area contributed by atoms with Crippen molar-refractivity contribution in [3.63, 3.8) is 0 Å². The summed E-state index contributed by atoms with van der Waals surface area (Å²) >= 11 is 0. The number of halogens is 1. The van der Waals surface area contributed by atoms with Crippen molar-refractivity contribution in [2.24, 2.45) is 5.41 Å². The number of carbonyl (C=O) groups is 1. The first kappa shape index (κ1) is 11.1. The lowest BCUT2D eigenvalue weighted by atomic mass is 9.66. The highest BCUT2D eigenvalue weighted by atomic mass is 19.1. The van der Waals surface area contributed by atoms with Crippen LogP contribution in [0.25, 0.3) is 0 Å². The average Bonchev–Trinajstić information content (AvgIpc) is 2.18. The van der Waals surface area contributed by atoms with Crippen LogP contribution in [0.1, 0.15) is 31.2 Å². The standard InChI is InChI=1S/C13H15FO2/c14-11-4-2-10(3-5-11)6-9-13(12(15)16)7-1-8-13/h2-5H,1,6-9H2,(H,15,16). The Morgan fingerprint density at radius 1 is 1.31 bits per heavy atom. The second-order valence-corrected chi connectivity index (χ2v) is 4.57. The molecule has 0 bridgehead atoms. The van der Waals surface area contributed by atoms with E-state index in [0.29, 0.717) is 12.8 Å². The first-order valence-corrected chi connectivity index (χ1v) is 5.60. The number of hydrogen-bond donors (Lipinski definition) is 1. The van der Waals surface area contributed by atoms with Gasteiger partial charge >= 0.3 is 5.97 Å². The van der Waals surface area contributed by atoms with Crippen molar-refractivity contribution < 1.29 is 14.3 Å². The van der Waals surface area contributed by atoms with E-state index in [0.717, 1.165) is 24.8 Å². The molecule has 0 aromatic heterocycles. The maximum Gasteiger partial charge on any atom is 0.309 e. The topological polar surface area (TPSA) is 37.3 Å². The van der Waals surface area contributed by atoms with Gasteiger partial charge in [-0.1, -0.05) is 18.6 Å². The van der Waals surface area contributed by atoms with Crippen LogP contribution in [-0.2, 0) is 11.2 Å². The molecule has 1 aromatic rings. The van der Waals surface area contributed by atoms with Gasteiger partial charge in [-0.05, 0) is 43.4 Å². The zero-order chi connectivity index (χ0) is 11.6. The van der Waals surface area contributed by atoms with Gasteiger partial charge in [0.1, 0.15) is 5.82 Å². The van der Waals surface area contributed by atoms with Crippen LogP contribution in [0.4, 0.5) is 4.39 Å². The van der Waals surface area contributed by atoms with Gasteiger partial charge in [0.25, 0.3) is 0 Å². The van der Waals surface area contributed by atoms with Crippen molar-refractivity contribution in [1.29, 1.82) is 0 Å². The third-order valence-corrected chi connectivity index (χ3v) is 3.57. The summed E-state index contributed by atoms with van der Waals surface area (Å²) in [5.41, 5.74) is 0.503. The van der Waals surface area contributed by atoms with Crippen molar-refractivity contribution in [2.45, 2.75) is 32.1 Å². The number of benzene rings is 1. The largest absolute Gasteiger partial charge is 0.481 e. The molecule has 2 nitrogen and oxygen atoms in total. The summed E-state index contributed by atoms with van der Waals surface area (Å²) in [6.45, 7) is 0. The minimum atomic E-state index is -0.680. The number of rotatable bonds is 4. The minimum Gasteiger partial charge on any atom is -0.481 e. The van der Waals surface area contributed by atoms with Crippen LogP contribution in [0, 0.1) is 11.2 Å². The van der Waals surface area contributed by atoms with Crippen LogP contribution in [0.5, 0.6) is 0 Å². The zero-order valence-electron chi connectivity index (χ0n) is 9.08. The van der Waals surface area contributed by atoms with Gasteiger partial charge in [-0.15, -0.1) is 0 Å². The molecule has 1 saturated carbocycles. The Morgan fingerprint density at radius 2 is 1.94 bits per heavy atom. The molecule has 0 radical (unpaired) electrons. The van der Waals surface area contributed by atoms with E-state index in [-0.39, 0.29) is 5.82 Å². The first-order valence-electron chi connectivity index (χ1n) is 5.60. The van der Waals surface area contributed by atoms with E-state index in [4.69, 9.17) is 5.11 Å². The van der Waals surface area contributed by atoms with Gasteiger partial charge < -0.3 is 5.11 Å². The molecule has 16 heavy (non-hydrogen) atoms. The molecule has 86 valence electrons. The van der Waals surface area contributed by atoms with Crippen LogP contribution < -0.4 is 0 Å². The molecule has 3 heteroatoms. The normalized spacial score (nSPS) is 17.8. The van der Waals surface area contributed by atoms with Gasteiger partial charge in [0.15, 0.2) is 0 Å². The summed E-state index contributed by atoms with van der Waals surface area (Å²) in [4.78, 5) is 11.1. The highest BCUT2D eigenvalue weighted by Gasteiger charge is 2.43. The number of carboxylic acids is 1. The molecule has 1 aromatic carbocycles. The molecule has 0 amide bonds. The van der Waals surface area contributed by atoms with E-state index >= 15 is 0 Å². The Labute approximate surface area is 94.1 Å². The summed E-state index contributed by atoms with van der Waals surface area (Å²) < 4.78 is 12.7. The van der Waals surface area contributed by atoms with Crippen molar-refractivity contribution in [2.75, 3.05) is 0 Å². The average molecular weight is 222 g/mol. The van der Waals surface area contributed by atoms with Crippen LogP contribution in [0.2, 0.25) is 0 Å². The van der Waals surface area contributed by atoms with Crippen molar-refractivity contribution in [1.82, 2.24) is 0 Å². The van der Waals surface area contributed by atoms with Gasteiger partial charge in [0.2, 0.25) is 0 Å². The lowest BCUT2D eigenvalue weighted by Crippen LogP contribution is -2.38. The Hall–Kier alpha value is -1.38. The maximum atomic E-state index is 12.7. The second kappa shape index (κ2) is 4.24. The first-order chi connectivity index (χ1) is 7.62. The zero-order valence-corrected chi connectivity index (χ0v) is 9.08. The molecule has 0 atom stereocenters. The third kappa shape index (κ3) is 2.08. The molecule has 0 spiro atoms. The smallest absolute Gasteiger partial charge is 0.309 e. The maximum absolute atomic E-state index is 12.7. The second-order valence-electron chi connectivity index (χ2n) is 4.57. The van der Waals surface area contributed by atoms with Crippen LogP contribution in [0.15, 0.2) is 24.3 Å². The van der Waals surface area contributed by atoms with Crippen LogP contribution in [0.3, 0.4) is 0 Å². The van der Waals surface area contributed by atoms with E-state index in [2.05, 4.69) is 0 Å². The van der Waals surface area contributed by atoms with E-state index in [1.165, 1.54) is 12.1 Å². The van der Waals surface area contributed by atoms with Crippen molar-refractivity contribution in [3.05, 3.63) is 35.6 Å². The monoisotopic (exact) mass is 222 g/mol. The highest BCUT2D eigenvalue weighted by Crippen LogP contribution is 2.44. The Balaban J connectivity index is 1.96. The fourth-order valence-corrected chi connectivity index (χ4v) is 2.21. The molecule has 1 aliphatic carbocycles. The quantitative estimate of drug-likeness (QED) is 0.850. The SMILES string of the molecule is O=C(O)C1(CCc2ccc(F)cc2)CCC1. The molecular weight excluding hydrogens is 207 g/mol. The number of aryl methyl sites for hydroxylation is 1. The Morgan fingerprint density at radius 3 is 2.38 bits per heavy atom. The fraction of sp³-hybridized carbons (Fsp3) is 0.462. The number of carboxylic acid groups (broad SMARTS) is 1. The molecule has 0 saturated heterocycles. The summed E-state index contributed by atoms with van der Waals surface area (Å²) in [5.74, 6) is -0.929. The Kier molecular flexibility index (Phi) is 2.95. The van der Waals surface area contributed by atoms with Gasteiger partial charge in [-0.2, -0.15) is 0 Å².